The molecular formula is C96H104Cl8N24O4. The van der Waals surface area contributed by atoms with Crippen LogP contribution in [0.3, 0.4) is 0 Å². The van der Waals surface area contributed by atoms with Gasteiger partial charge in [0.25, 0.3) is 0 Å². The van der Waals surface area contributed by atoms with E-state index in [1.165, 1.54) is 0 Å². The molecule has 0 aliphatic carbocycles. The van der Waals surface area contributed by atoms with Crippen LogP contribution in [0.1, 0.15) is 104 Å². The maximum Gasteiger partial charge on any atom is 0.174 e. The molecule has 12 heterocycles. The van der Waals surface area contributed by atoms with Crippen LogP contribution >= 0.6 is 92.8 Å². The molecule has 4 aromatic carbocycles. The molecule has 36 heteroatoms. The lowest BCUT2D eigenvalue weighted by Gasteiger charge is -2.16. The molecule has 12 aromatic heterocycles. The van der Waals surface area contributed by atoms with Gasteiger partial charge in [0, 0.05) is 138 Å². The van der Waals surface area contributed by atoms with Crippen molar-refractivity contribution in [3.8, 4) is 0 Å². The Morgan fingerprint density at radius 1 is 0.273 bits per heavy atom. The van der Waals surface area contributed by atoms with Gasteiger partial charge in [0.2, 0.25) is 0 Å². The predicted molar refractivity (Wildman–Crippen MR) is 538 cm³/mol. The van der Waals surface area contributed by atoms with E-state index in [1.807, 2.05) is 170 Å². The van der Waals surface area contributed by atoms with Gasteiger partial charge in [0.05, 0.1) is 118 Å². The number of anilines is 12. The molecule has 16 rings (SSSR count). The van der Waals surface area contributed by atoms with Gasteiger partial charge in [0.15, 0.2) is 20.6 Å². The molecule has 0 saturated carbocycles. The zero-order valence-electron chi connectivity index (χ0n) is 74.1. The summed E-state index contributed by atoms with van der Waals surface area (Å²) >= 11 is 49.3. The van der Waals surface area contributed by atoms with Crippen LogP contribution in [0.4, 0.5) is 68.8 Å². The second-order valence-corrected chi connectivity index (χ2v) is 37.3. The summed E-state index contributed by atoms with van der Waals surface area (Å²) in [5.41, 5.74) is 10.6. The third kappa shape index (κ3) is 30.3. The minimum Gasteiger partial charge on any atom is -0.389 e. The Kier molecular flexibility index (Phi) is 33.6. The molecule has 0 amide bonds. The van der Waals surface area contributed by atoms with Crippen LogP contribution in [-0.4, -0.2) is 148 Å². The molecule has 16 aromatic rings. The number of aromatic nitrogens is 16. The van der Waals surface area contributed by atoms with Gasteiger partial charge in [-0.1, -0.05) is 117 Å². The van der Waals surface area contributed by atoms with Crippen LogP contribution in [0.2, 0.25) is 40.7 Å². The molecule has 0 aliphatic rings. The first-order chi connectivity index (χ1) is 63.1. The highest BCUT2D eigenvalue weighted by atomic mass is 35.5. The molecule has 0 aliphatic heterocycles. The molecule has 0 saturated heterocycles. The summed E-state index contributed by atoms with van der Waals surface area (Å²) in [5.74, 6) is 2.79. The number of aliphatic hydroxyl groups is 4. The van der Waals surface area contributed by atoms with Gasteiger partial charge in [-0.15, -0.1) is 0 Å². The lowest BCUT2D eigenvalue weighted by molar-refractivity contribution is 0.0571. The smallest absolute Gasteiger partial charge is 0.174 e. The van der Waals surface area contributed by atoms with E-state index in [0.717, 1.165) is 167 Å². The summed E-state index contributed by atoms with van der Waals surface area (Å²) < 4.78 is 6.49. The summed E-state index contributed by atoms with van der Waals surface area (Å²) in [6.07, 6.45) is 21.2. The molecule has 12 N–H and O–H groups in total. The number of benzene rings is 4. The van der Waals surface area contributed by atoms with Crippen molar-refractivity contribution in [3.63, 3.8) is 0 Å². The van der Waals surface area contributed by atoms with Crippen molar-refractivity contribution in [1.29, 1.82) is 0 Å². The number of nitrogens with zero attached hydrogens (tertiary/aromatic N) is 16. The quantitative estimate of drug-likeness (QED) is 0.0162. The van der Waals surface area contributed by atoms with Crippen molar-refractivity contribution in [2.75, 3.05) is 68.7 Å². The predicted octanol–water partition coefficient (Wildman–Crippen LogP) is 22.8. The van der Waals surface area contributed by atoms with E-state index in [0.29, 0.717) is 113 Å². The van der Waals surface area contributed by atoms with Gasteiger partial charge in [0.1, 0.15) is 23.3 Å². The van der Waals surface area contributed by atoms with Crippen molar-refractivity contribution in [2.24, 2.45) is 0 Å². The Bertz CT molecular complexity index is 5790. The highest BCUT2D eigenvalue weighted by Crippen LogP contribution is 2.34. The summed E-state index contributed by atoms with van der Waals surface area (Å²) in [5, 5.41) is 92.0. The van der Waals surface area contributed by atoms with Crippen LogP contribution in [0.5, 0.6) is 0 Å². The minimum atomic E-state index is -0.881. The molecule has 0 fully saturated rings. The van der Waals surface area contributed by atoms with E-state index in [4.69, 9.17) is 92.8 Å². The van der Waals surface area contributed by atoms with Crippen molar-refractivity contribution in [1.82, 2.24) is 79.0 Å². The van der Waals surface area contributed by atoms with Gasteiger partial charge in [-0.2, -0.15) is 20.4 Å². The van der Waals surface area contributed by atoms with Crippen molar-refractivity contribution in [2.45, 2.75) is 155 Å². The normalized spacial score (nSPS) is 11.7. The Morgan fingerprint density at radius 3 is 0.689 bits per heavy atom. The van der Waals surface area contributed by atoms with E-state index >= 15 is 0 Å². The number of fused-ring (bicyclic) bond motifs is 4. The molecule has 132 heavy (non-hydrogen) atoms. The lowest BCUT2D eigenvalue weighted by atomic mass is 10.1. The van der Waals surface area contributed by atoms with E-state index in [2.05, 4.69) is 103 Å². The number of hydrogen-bond acceptors (Lipinski definition) is 24. The Morgan fingerprint density at radius 2 is 0.485 bits per heavy atom. The highest BCUT2D eigenvalue weighted by molar-refractivity contribution is 6.34. The third-order valence-corrected chi connectivity index (χ3v) is 21.9. The molecule has 0 bridgehead atoms. The van der Waals surface area contributed by atoms with E-state index in [-0.39, 0.29) is 0 Å². The molecule has 0 radical (unpaired) electrons. The minimum absolute atomic E-state index is 0.335. The fourth-order valence-corrected chi connectivity index (χ4v) is 15.7. The van der Waals surface area contributed by atoms with Crippen LogP contribution in [-0.2, 0) is 51.9 Å². The molecular weight excluding hydrogens is 1840 g/mol. The molecule has 28 nitrogen and oxygen atoms in total. The molecule has 0 atom stereocenters. The largest absolute Gasteiger partial charge is 0.389 e. The number of halogens is 8. The first-order valence-electron chi connectivity index (χ1n) is 42.9. The topological polar surface area (TPSA) is 352 Å². The molecule has 0 spiro atoms. The summed E-state index contributed by atoms with van der Waals surface area (Å²) in [6.45, 7) is 18.4. The zero-order valence-corrected chi connectivity index (χ0v) is 80.1. The second kappa shape index (κ2) is 45.3. The average Bonchev–Trinajstić information content (AvgIpc) is 1.50. The van der Waals surface area contributed by atoms with E-state index in [1.54, 1.807) is 124 Å². The second-order valence-electron chi connectivity index (χ2n) is 34.1. The number of hydrogen-bond donors (Lipinski definition) is 12. The fourth-order valence-electron chi connectivity index (χ4n) is 14.2. The van der Waals surface area contributed by atoms with Crippen molar-refractivity contribution >= 4 is 205 Å². The van der Waals surface area contributed by atoms with Crippen molar-refractivity contribution in [3.05, 3.63) is 283 Å². The van der Waals surface area contributed by atoms with Crippen molar-refractivity contribution < 1.29 is 20.4 Å². The number of nitrogens with one attached hydrogen (secondary N) is 8. The maximum absolute atomic E-state index is 9.99. The van der Waals surface area contributed by atoms with Crippen LogP contribution in [0.25, 0.3) is 43.6 Å². The Balaban J connectivity index is 0.000000150. The van der Waals surface area contributed by atoms with Gasteiger partial charge in [-0.25, -0.2) is 19.9 Å². The Labute approximate surface area is 805 Å². The SMILES string of the molecule is CC(C)(O)Cn1cc(Nc2cccc(CCCNc3ccnc4cc(Cl)ccc34)n2)c(Cl)n1.CC(C)(O)Cn1cc(Nc2cccc(CCCNc3ccnc4cc(Cl)ccc34)n2)c(Cl)n1.CC(C)(O)Cn1cc(Nc2cccc(CCCNc3ccnc4cc(Cl)ccc34)n2)c(Cl)n1.CC(C)(O)Cn1cc(Nc2cccc(CCCNc3ccnc4cc(Cl)ccc34)n2)c(Cl)n1. The third-order valence-electron chi connectivity index (χ3n) is 19.9. The average molecular weight is 1940 g/mol. The lowest BCUT2D eigenvalue weighted by Crippen LogP contribution is -2.26. The number of rotatable bonds is 36. The summed E-state index contributed by atoms with van der Waals surface area (Å²) in [6, 6.07) is 54.2. The van der Waals surface area contributed by atoms with E-state index in [9.17, 15) is 20.4 Å². The summed E-state index contributed by atoms with van der Waals surface area (Å²) in [7, 11) is 0. The van der Waals surface area contributed by atoms with Crippen LogP contribution < -0.4 is 42.5 Å². The van der Waals surface area contributed by atoms with Gasteiger partial charge >= 0.3 is 0 Å². The number of aryl methyl sites for hydroxylation is 4. The molecule has 0 unspecified atom stereocenters. The van der Waals surface area contributed by atoms with Crippen LogP contribution in [0, 0.1) is 0 Å². The molecule has 688 valence electrons. The maximum atomic E-state index is 9.99. The van der Waals surface area contributed by atoms with Gasteiger partial charge in [-0.05, 0) is 252 Å². The Hall–Kier alpha value is -11.5. The van der Waals surface area contributed by atoms with Gasteiger partial charge in [-0.3, -0.25) is 38.7 Å². The summed E-state index contributed by atoms with van der Waals surface area (Å²) in [4.78, 5) is 36.3. The number of pyridine rings is 8. The first-order valence-corrected chi connectivity index (χ1v) is 46.0. The first kappa shape index (κ1) is 98.0. The van der Waals surface area contributed by atoms with Gasteiger partial charge < -0.3 is 63.0 Å². The highest BCUT2D eigenvalue weighted by Gasteiger charge is 2.22. The van der Waals surface area contributed by atoms with Crippen LogP contribution in [0.15, 0.2) is 219 Å². The zero-order chi connectivity index (χ0) is 93.7. The monoisotopic (exact) mass is 1940 g/mol. The van der Waals surface area contributed by atoms with E-state index < -0.39 is 22.4 Å². The fraction of sp³-hybridized carbons (Fsp3) is 0.292. The standard InChI is InChI=1S/4C24H26Cl2N6O/c4*1-24(2,33)15-32-14-21(23(26)31-32)30-22-7-3-5-17(29-22)6-4-11-27-19-10-12-28-20-13-16(25)8-9-18(19)20/h4*3,5,7-10,12-14,33H,4,6,11,15H2,1-2H3,(H,27,28)(H,29,30).